The average molecular weight is 333 g/mol. The van der Waals surface area contributed by atoms with Gasteiger partial charge in [0.1, 0.15) is 0 Å². The van der Waals surface area contributed by atoms with Crippen LogP contribution >= 0.6 is 9.07 Å². The molecule has 0 aliphatic rings. The van der Waals surface area contributed by atoms with E-state index < -0.39 is 19.3 Å². The number of unbranched alkanes of at least 4 members (excludes halogenated alkanes) is 11. The summed E-state index contributed by atoms with van der Waals surface area (Å²) in [6.45, 7) is 2.29. The van der Waals surface area contributed by atoms with Gasteiger partial charge in [-0.2, -0.15) is 0 Å². The molecule has 0 heterocycles. The second-order valence-electron chi connectivity index (χ2n) is 6.54. The monoisotopic (exact) mass is 332 g/mol. The fraction of sp³-hybridized carbons (Fsp3) is 0.700. The van der Waals surface area contributed by atoms with E-state index in [9.17, 15) is 0 Å². The molecule has 22 heavy (non-hydrogen) atoms. The topological polar surface area (TPSA) is 0 Å². The zero-order valence-corrected chi connectivity index (χ0v) is 16.8. The molecule has 0 spiro atoms. The summed E-state index contributed by atoms with van der Waals surface area (Å²) in [5.74, 6) is 0. The van der Waals surface area contributed by atoms with Crippen LogP contribution in [0.4, 0.5) is 0 Å². The van der Waals surface area contributed by atoms with Gasteiger partial charge in [0, 0.05) is 0 Å². The number of hydrogen-bond donors (Lipinski definition) is 0. The third kappa shape index (κ3) is 10.1. The average Bonchev–Trinajstić information content (AvgIpc) is 2.56. The molecule has 0 unspecified atom stereocenters. The minimum Gasteiger partial charge on any atom is -0.336 e. The first-order chi connectivity index (χ1) is 10.9. The van der Waals surface area contributed by atoms with E-state index in [1.165, 1.54) is 92.7 Å². The third-order valence-electron chi connectivity index (χ3n) is 4.56. The lowest BCUT2D eigenvalue weighted by molar-refractivity contribution is 0.544. The van der Waals surface area contributed by atoms with Crippen LogP contribution in [0, 0.1) is 0 Å². The number of rotatable bonds is 14. The molecule has 0 radical (unpaired) electrons. The quantitative estimate of drug-likeness (QED) is 0.272. The van der Waals surface area contributed by atoms with E-state index in [1.807, 2.05) is 0 Å². The Morgan fingerprint density at radius 1 is 0.727 bits per heavy atom. The van der Waals surface area contributed by atoms with E-state index in [1.54, 1.807) is 0 Å². The van der Waals surface area contributed by atoms with E-state index in [4.69, 9.17) is 9.07 Å². The van der Waals surface area contributed by atoms with Gasteiger partial charge >= 0.3 is 19.3 Å². The molecule has 0 atom stereocenters. The summed E-state index contributed by atoms with van der Waals surface area (Å²) in [6.07, 6.45) is 18.3. The smallest absolute Gasteiger partial charge is 0.336 e. The molecule has 0 saturated carbocycles. The van der Waals surface area contributed by atoms with Crippen molar-refractivity contribution < 1.29 is 0 Å². The van der Waals surface area contributed by atoms with Crippen molar-refractivity contribution in [1.82, 2.24) is 0 Å². The van der Waals surface area contributed by atoms with Gasteiger partial charge < -0.3 is 9.07 Å². The number of hydrogen-bond acceptors (Lipinski definition) is 0. The summed E-state index contributed by atoms with van der Waals surface area (Å²) in [4.78, 5) is 0. The van der Waals surface area contributed by atoms with Gasteiger partial charge in [0.15, 0.2) is 0 Å². The van der Waals surface area contributed by atoms with Crippen LogP contribution in [-0.4, -0.2) is 19.3 Å². The van der Waals surface area contributed by atoms with Crippen LogP contribution in [0.3, 0.4) is 0 Å². The van der Waals surface area contributed by atoms with Gasteiger partial charge in [0.25, 0.3) is 0 Å². The zero-order valence-electron chi connectivity index (χ0n) is 14.6. The highest BCUT2D eigenvalue weighted by Crippen LogP contribution is 2.13. The van der Waals surface area contributed by atoms with Gasteiger partial charge in [0.2, 0.25) is 0 Å². The van der Waals surface area contributed by atoms with Crippen LogP contribution in [-0.2, 0) is 6.42 Å². The summed E-state index contributed by atoms with van der Waals surface area (Å²) in [7, 11) is 6.12. The third-order valence-corrected chi connectivity index (χ3v) is 6.40. The molecule has 0 bridgehead atoms. The van der Waals surface area contributed by atoms with Crippen molar-refractivity contribution in [3.63, 3.8) is 0 Å². The second kappa shape index (κ2) is 14.8. The normalized spacial score (nSPS) is 10.6. The fourth-order valence-corrected chi connectivity index (χ4v) is 4.56. The SMILES string of the molecule is CCCCCCCCCCCCCCc1cccc[c]1[Mg][Cl]. The Balaban J connectivity index is 1.89. The Labute approximate surface area is 151 Å². The van der Waals surface area contributed by atoms with Gasteiger partial charge in [-0.3, -0.25) is 0 Å². The highest BCUT2D eigenvalue weighted by atomic mass is 35.5. The molecule has 0 fully saturated rings. The van der Waals surface area contributed by atoms with E-state index in [0.29, 0.717) is 0 Å². The number of benzene rings is 1. The molecule has 122 valence electrons. The van der Waals surface area contributed by atoms with E-state index >= 15 is 0 Å². The van der Waals surface area contributed by atoms with Gasteiger partial charge in [-0.15, -0.1) is 3.69 Å². The van der Waals surface area contributed by atoms with Gasteiger partial charge in [-0.05, 0) is 12.8 Å². The van der Waals surface area contributed by atoms with Crippen LogP contribution < -0.4 is 3.69 Å². The van der Waals surface area contributed by atoms with Crippen molar-refractivity contribution in [2.75, 3.05) is 0 Å². The van der Waals surface area contributed by atoms with Crippen molar-refractivity contribution in [3.8, 4) is 0 Å². The van der Waals surface area contributed by atoms with Crippen molar-refractivity contribution >= 4 is 32.0 Å². The maximum atomic E-state index is 6.12. The van der Waals surface area contributed by atoms with Crippen molar-refractivity contribution in [2.45, 2.75) is 90.4 Å². The lowest BCUT2D eigenvalue weighted by Crippen LogP contribution is -2.14. The molecule has 0 saturated heterocycles. The van der Waals surface area contributed by atoms with Crippen molar-refractivity contribution in [2.24, 2.45) is 0 Å². The van der Waals surface area contributed by atoms with Crippen LogP contribution in [0.1, 0.15) is 89.5 Å². The Morgan fingerprint density at radius 2 is 1.23 bits per heavy atom. The van der Waals surface area contributed by atoms with Crippen molar-refractivity contribution in [1.29, 1.82) is 0 Å². The molecule has 1 aromatic carbocycles. The van der Waals surface area contributed by atoms with E-state index in [0.717, 1.165) is 0 Å². The van der Waals surface area contributed by atoms with Gasteiger partial charge in [-0.25, -0.2) is 0 Å². The molecule has 0 amide bonds. The minimum atomic E-state index is -0.527. The van der Waals surface area contributed by atoms with Gasteiger partial charge in [-0.1, -0.05) is 107 Å². The summed E-state index contributed by atoms with van der Waals surface area (Å²) in [5, 5.41) is 0. The molecule has 0 aliphatic heterocycles. The maximum Gasteiger partial charge on any atom is 0.538 e. The molecular weight excluding hydrogens is 300 g/mol. The highest BCUT2D eigenvalue weighted by molar-refractivity contribution is 7.01. The molecule has 1 aromatic rings. The summed E-state index contributed by atoms with van der Waals surface area (Å²) in [6, 6.07) is 8.76. The Hall–Kier alpha value is 0.276. The maximum absolute atomic E-state index is 6.12. The van der Waals surface area contributed by atoms with Crippen LogP contribution in [0.5, 0.6) is 0 Å². The van der Waals surface area contributed by atoms with Gasteiger partial charge in [0.05, 0.1) is 0 Å². The molecule has 0 aromatic heterocycles. The molecule has 2 heteroatoms. The predicted octanol–water partition coefficient (Wildman–Crippen LogP) is 6.41. The van der Waals surface area contributed by atoms with Crippen LogP contribution in [0.15, 0.2) is 24.3 Å². The first-order valence-corrected chi connectivity index (χ1v) is 12.4. The van der Waals surface area contributed by atoms with E-state index in [2.05, 4.69) is 31.2 Å². The standard InChI is InChI=1S/C20H33.ClH.Mg/c1-2-3-4-5-6-7-8-9-10-11-12-14-17-20-18-15-13-16-19-20;;/h13,15-16,18H,2-12,14,17H2,1H3;1H;/q;;+1/p-1. The first kappa shape index (κ1) is 20.3. The second-order valence-corrected chi connectivity index (χ2v) is 8.37. The Bertz CT molecular complexity index is 364. The molecule has 0 N–H and O–H groups in total. The van der Waals surface area contributed by atoms with Crippen LogP contribution in [0.2, 0.25) is 0 Å². The molecule has 1 rings (SSSR count). The minimum absolute atomic E-state index is 0.527. The highest BCUT2D eigenvalue weighted by Gasteiger charge is 2.02. The lowest BCUT2D eigenvalue weighted by Gasteiger charge is -2.07. The molecular formula is C20H33ClMg. The Morgan fingerprint density at radius 3 is 1.77 bits per heavy atom. The number of aryl methyl sites for hydroxylation is 1. The largest absolute Gasteiger partial charge is 0.538 e. The molecule has 0 nitrogen and oxygen atoms in total. The summed E-state index contributed by atoms with van der Waals surface area (Å²) in [5.41, 5.74) is 1.51. The fourth-order valence-electron chi connectivity index (χ4n) is 3.09. The van der Waals surface area contributed by atoms with Crippen molar-refractivity contribution in [3.05, 3.63) is 29.8 Å². The summed E-state index contributed by atoms with van der Waals surface area (Å²) >= 11 is -0.527. The zero-order chi connectivity index (χ0) is 15.9. The van der Waals surface area contributed by atoms with Crippen LogP contribution in [0.25, 0.3) is 0 Å². The van der Waals surface area contributed by atoms with E-state index in [-0.39, 0.29) is 0 Å². The Kier molecular flexibility index (Phi) is 13.7. The first-order valence-electron chi connectivity index (χ1n) is 9.51. The predicted molar refractivity (Wildman–Crippen MR) is 102 cm³/mol. The molecule has 0 aliphatic carbocycles. The summed E-state index contributed by atoms with van der Waals surface area (Å²) < 4.78 is 1.45. The number of halogens is 1. The lowest BCUT2D eigenvalue weighted by atomic mass is 10.0.